The van der Waals surface area contributed by atoms with Crippen LogP contribution in [0.25, 0.3) is 0 Å². The molecule has 1 aliphatic heterocycles. The third-order valence-electron chi connectivity index (χ3n) is 2.58. The van der Waals surface area contributed by atoms with Crippen LogP contribution in [0.1, 0.15) is 5.56 Å². The second-order valence-corrected chi connectivity index (χ2v) is 3.76. The molecule has 1 aromatic rings. The van der Waals surface area contributed by atoms with Crippen LogP contribution in [0.3, 0.4) is 0 Å². The maximum absolute atomic E-state index is 5.29. The molecule has 0 spiro atoms. The molecule has 0 saturated carbocycles. The lowest BCUT2D eigenvalue weighted by Gasteiger charge is -2.26. The van der Waals surface area contributed by atoms with Crippen molar-refractivity contribution >= 4 is 13.4 Å². The van der Waals surface area contributed by atoms with Gasteiger partial charge in [0.15, 0.2) is 0 Å². The SMILES string of the molecule is Cc1ccc(N2CCOBOCC2)cc1. The highest BCUT2D eigenvalue weighted by atomic mass is 16.6. The van der Waals surface area contributed by atoms with Crippen molar-refractivity contribution in [3.05, 3.63) is 29.8 Å². The summed E-state index contributed by atoms with van der Waals surface area (Å²) in [7, 11) is 0.432. The summed E-state index contributed by atoms with van der Waals surface area (Å²) in [5.41, 5.74) is 2.54. The van der Waals surface area contributed by atoms with Crippen molar-refractivity contribution in [3.8, 4) is 0 Å². The molecule has 0 aromatic heterocycles. The minimum atomic E-state index is 0.432. The number of rotatable bonds is 1. The van der Waals surface area contributed by atoms with Gasteiger partial charge < -0.3 is 14.2 Å². The van der Waals surface area contributed by atoms with Gasteiger partial charge in [0.25, 0.3) is 0 Å². The van der Waals surface area contributed by atoms with Crippen molar-refractivity contribution in [2.45, 2.75) is 6.92 Å². The first-order valence-corrected chi connectivity index (χ1v) is 5.33. The van der Waals surface area contributed by atoms with Gasteiger partial charge in [-0.05, 0) is 19.1 Å². The number of hydrogen-bond donors (Lipinski definition) is 0. The highest BCUT2D eigenvalue weighted by Crippen LogP contribution is 2.14. The molecule has 1 aromatic carbocycles. The topological polar surface area (TPSA) is 21.7 Å². The summed E-state index contributed by atoms with van der Waals surface area (Å²) in [6.45, 7) is 5.43. The summed E-state index contributed by atoms with van der Waals surface area (Å²) in [6, 6.07) is 8.57. The number of anilines is 1. The van der Waals surface area contributed by atoms with E-state index >= 15 is 0 Å². The molecule has 15 heavy (non-hydrogen) atoms. The summed E-state index contributed by atoms with van der Waals surface area (Å²) < 4.78 is 10.6. The largest absolute Gasteiger partial charge is 0.438 e. The van der Waals surface area contributed by atoms with Crippen LogP contribution < -0.4 is 4.90 Å². The van der Waals surface area contributed by atoms with E-state index < -0.39 is 0 Å². The summed E-state index contributed by atoms with van der Waals surface area (Å²) in [5, 5.41) is 0. The Morgan fingerprint density at radius 3 is 2.27 bits per heavy atom. The molecule has 0 aliphatic carbocycles. The molecule has 3 nitrogen and oxygen atoms in total. The van der Waals surface area contributed by atoms with Gasteiger partial charge in [-0.1, -0.05) is 17.7 Å². The maximum Gasteiger partial charge on any atom is 0.438 e. The molecular weight excluding hydrogens is 189 g/mol. The van der Waals surface area contributed by atoms with Gasteiger partial charge in [-0.25, -0.2) is 0 Å². The molecule has 1 fully saturated rings. The van der Waals surface area contributed by atoms with E-state index in [1.807, 2.05) is 0 Å². The van der Waals surface area contributed by atoms with Crippen LogP contribution in [0.15, 0.2) is 24.3 Å². The Hall–Kier alpha value is -0.995. The van der Waals surface area contributed by atoms with Crippen LogP contribution in [0.5, 0.6) is 0 Å². The minimum absolute atomic E-state index is 0.432. The zero-order valence-electron chi connectivity index (χ0n) is 9.11. The van der Waals surface area contributed by atoms with Crippen molar-refractivity contribution in [1.82, 2.24) is 0 Å². The second-order valence-electron chi connectivity index (χ2n) is 3.76. The Morgan fingerprint density at radius 1 is 1.07 bits per heavy atom. The molecule has 1 heterocycles. The zero-order chi connectivity index (χ0) is 10.5. The Labute approximate surface area is 91.3 Å². The molecule has 0 amide bonds. The van der Waals surface area contributed by atoms with Gasteiger partial charge in [0.05, 0.1) is 0 Å². The van der Waals surface area contributed by atoms with Crippen molar-refractivity contribution in [1.29, 1.82) is 0 Å². The maximum atomic E-state index is 5.29. The van der Waals surface area contributed by atoms with Gasteiger partial charge in [-0.15, -0.1) is 0 Å². The van der Waals surface area contributed by atoms with Crippen LogP contribution in [0, 0.1) is 6.92 Å². The molecule has 0 bridgehead atoms. The van der Waals surface area contributed by atoms with E-state index in [0.717, 1.165) is 26.3 Å². The molecule has 1 saturated heterocycles. The predicted octanol–water partition coefficient (Wildman–Crippen LogP) is 1.11. The molecular formula is C11H16BNO2. The Kier molecular flexibility index (Phi) is 3.64. The summed E-state index contributed by atoms with van der Waals surface area (Å²) >= 11 is 0. The molecule has 0 atom stereocenters. The highest BCUT2D eigenvalue weighted by molar-refractivity contribution is 6.17. The minimum Gasteiger partial charge on any atom is -0.412 e. The van der Waals surface area contributed by atoms with Gasteiger partial charge >= 0.3 is 7.69 Å². The van der Waals surface area contributed by atoms with Crippen molar-refractivity contribution in [2.24, 2.45) is 0 Å². The Morgan fingerprint density at radius 2 is 1.67 bits per heavy atom. The fourth-order valence-corrected chi connectivity index (χ4v) is 1.65. The van der Waals surface area contributed by atoms with E-state index in [1.165, 1.54) is 11.3 Å². The standard InChI is InChI=1S/C11H16BNO2/c1-10-2-4-11(5-3-10)13-6-8-14-12-15-9-7-13/h2-5,12H,6-9H2,1H3. The second kappa shape index (κ2) is 5.19. The van der Waals surface area contributed by atoms with Gasteiger partial charge in [-0.2, -0.15) is 0 Å². The quantitative estimate of drug-likeness (QED) is 0.641. The first-order chi connectivity index (χ1) is 7.36. The summed E-state index contributed by atoms with van der Waals surface area (Å²) in [5.74, 6) is 0. The van der Waals surface area contributed by atoms with Crippen LogP contribution >= 0.6 is 0 Å². The third kappa shape index (κ3) is 2.98. The average molecular weight is 205 g/mol. The highest BCUT2D eigenvalue weighted by Gasteiger charge is 2.09. The number of hydrogen-bond acceptors (Lipinski definition) is 3. The number of nitrogens with zero attached hydrogens (tertiary/aromatic N) is 1. The monoisotopic (exact) mass is 205 g/mol. The molecule has 2 rings (SSSR count). The summed E-state index contributed by atoms with van der Waals surface area (Å²) in [4.78, 5) is 2.29. The molecule has 1 aliphatic rings. The van der Waals surface area contributed by atoms with E-state index in [0.29, 0.717) is 7.69 Å². The first kappa shape index (κ1) is 10.5. The van der Waals surface area contributed by atoms with Gasteiger partial charge in [-0.3, -0.25) is 0 Å². The lowest BCUT2D eigenvalue weighted by atomic mass is 10.2. The lowest BCUT2D eigenvalue weighted by molar-refractivity contribution is 0.211. The van der Waals surface area contributed by atoms with Crippen LogP contribution in [0.4, 0.5) is 5.69 Å². The Bertz CT molecular complexity index is 294. The third-order valence-corrected chi connectivity index (χ3v) is 2.58. The lowest BCUT2D eigenvalue weighted by Crippen LogP contribution is -2.34. The van der Waals surface area contributed by atoms with E-state index in [-0.39, 0.29) is 0 Å². The van der Waals surface area contributed by atoms with Crippen LogP contribution in [-0.2, 0) is 9.31 Å². The van der Waals surface area contributed by atoms with Crippen molar-refractivity contribution in [3.63, 3.8) is 0 Å². The average Bonchev–Trinajstić information content (AvgIpc) is 2.19. The van der Waals surface area contributed by atoms with E-state index in [9.17, 15) is 0 Å². The molecule has 4 heteroatoms. The number of benzene rings is 1. The fraction of sp³-hybridized carbons (Fsp3) is 0.455. The van der Waals surface area contributed by atoms with Crippen LogP contribution in [-0.4, -0.2) is 34.0 Å². The fourth-order valence-electron chi connectivity index (χ4n) is 1.65. The smallest absolute Gasteiger partial charge is 0.412 e. The van der Waals surface area contributed by atoms with Crippen molar-refractivity contribution in [2.75, 3.05) is 31.2 Å². The zero-order valence-corrected chi connectivity index (χ0v) is 9.11. The number of aryl methyl sites for hydroxylation is 1. The van der Waals surface area contributed by atoms with Gasteiger partial charge in [0.2, 0.25) is 0 Å². The van der Waals surface area contributed by atoms with Gasteiger partial charge in [0, 0.05) is 32.0 Å². The molecule has 80 valence electrons. The normalized spacial score (nSPS) is 17.8. The van der Waals surface area contributed by atoms with Gasteiger partial charge in [0.1, 0.15) is 0 Å². The van der Waals surface area contributed by atoms with Crippen LogP contribution in [0.2, 0.25) is 0 Å². The van der Waals surface area contributed by atoms with E-state index in [2.05, 4.69) is 36.1 Å². The van der Waals surface area contributed by atoms with E-state index in [4.69, 9.17) is 9.31 Å². The Balaban J connectivity index is 2.03. The molecule has 0 unspecified atom stereocenters. The molecule has 0 N–H and O–H groups in total. The molecule has 0 radical (unpaired) electrons. The predicted molar refractivity (Wildman–Crippen MR) is 62.4 cm³/mol. The summed E-state index contributed by atoms with van der Waals surface area (Å²) in [6.07, 6.45) is 0. The first-order valence-electron chi connectivity index (χ1n) is 5.33. The van der Waals surface area contributed by atoms with E-state index in [1.54, 1.807) is 0 Å². The van der Waals surface area contributed by atoms with Crippen molar-refractivity contribution < 1.29 is 9.31 Å².